The minimum Gasteiger partial charge on any atom is -0.480 e. The summed E-state index contributed by atoms with van der Waals surface area (Å²) in [6, 6.07) is 3.42. The summed E-state index contributed by atoms with van der Waals surface area (Å²) >= 11 is 0. The van der Waals surface area contributed by atoms with Crippen molar-refractivity contribution in [2.24, 2.45) is 5.11 Å². The van der Waals surface area contributed by atoms with Crippen molar-refractivity contribution in [2.75, 3.05) is 13.2 Å². The average Bonchev–Trinajstić information content (AvgIpc) is 2.45. The Bertz CT molecular complexity index is 629. The molecule has 0 bridgehead atoms. The number of nitro benzene ring substituents is 1. The molecule has 1 amide bonds. The molecule has 0 saturated heterocycles. The highest BCUT2D eigenvalue weighted by molar-refractivity contribution is 6.00. The normalized spacial score (nSPS) is 8.95. The number of azide groups is 1. The molecule has 0 aliphatic heterocycles. The first kappa shape index (κ1) is 19.2. The van der Waals surface area contributed by atoms with Gasteiger partial charge in [0.25, 0.3) is 11.6 Å². The van der Waals surface area contributed by atoms with Gasteiger partial charge in [0, 0.05) is 16.7 Å². The van der Waals surface area contributed by atoms with Gasteiger partial charge in [0.2, 0.25) is 0 Å². The van der Waals surface area contributed by atoms with Gasteiger partial charge in [0.1, 0.15) is 5.56 Å². The molecule has 0 atom stereocenters. The fourth-order valence-corrected chi connectivity index (χ4v) is 1.46. The third-order valence-corrected chi connectivity index (χ3v) is 2.31. The molecule has 1 rings (SSSR count). The average molecular weight is 329 g/mol. The molecule has 0 saturated carbocycles. The van der Waals surface area contributed by atoms with E-state index in [1.165, 1.54) is 6.07 Å². The number of hydrogen-bond donors (Lipinski definition) is 2. The van der Waals surface area contributed by atoms with Crippen LogP contribution < -0.4 is 5.32 Å². The highest BCUT2D eigenvalue weighted by Gasteiger charge is 2.20. The molecule has 10 nitrogen and oxygen atoms in total. The van der Waals surface area contributed by atoms with Crippen molar-refractivity contribution in [3.8, 4) is 0 Å². The van der Waals surface area contributed by atoms with Crippen LogP contribution in [-0.4, -0.2) is 29.9 Å². The highest BCUT2D eigenvalue weighted by Crippen LogP contribution is 2.24. The van der Waals surface area contributed by atoms with E-state index < -0.39 is 16.5 Å². The molecular formula is C11H13ClN6O4. The summed E-state index contributed by atoms with van der Waals surface area (Å²) in [7, 11) is 0. The van der Waals surface area contributed by atoms with Gasteiger partial charge < -0.3 is 10.1 Å². The quantitative estimate of drug-likeness (QED) is 0.157. The molecule has 0 radical (unpaired) electrons. The van der Waals surface area contributed by atoms with E-state index in [0.29, 0.717) is 0 Å². The van der Waals surface area contributed by atoms with Gasteiger partial charge in [-0.2, -0.15) is 0 Å². The van der Waals surface area contributed by atoms with Crippen molar-refractivity contribution in [1.82, 2.24) is 5.32 Å². The molecule has 0 aliphatic carbocycles. The summed E-state index contributed by atoms with van der Waals surface area (Å²) in [6.07, 6.45) is 0. The fraction of sp³-hybridized carbons (Fsp3) is 0.273. The Morgan fingerprint density at radius 2 is 2.27 bits per heavy atom. The van der Waals surface area contributed by atoms with Gasteiger partial charge >= 0.3 is 0 Å². The third kappa shape index (κ3) is 5.27. The fourth-order valence-electron chi connectivity index (χ4n) is 1.46. The number of halogens is 1. The van der Waals surface area contributed by atoms with Crippen LogP contribution in [0.4, 0.5) is 11.4 Å². The summed E-state index contributed by atoms with van der Waals surface area (Å²) in [5, 5.41) is 23.9. The number of nitro groups is 1. The summed E-state index contributed by atoms with van der Waals surface area (Å²) in [5.41, 5.74) is 7.74. The summed E-state index contributed by atoms with van der Waals surface area (Å²) < 4.78 is 4.84. The maximum atomic E-state index is 11.9. The van der Waals surface area contributed by atoms with Crippen LogP contribution in [0.3, 0.4) is 0 Å². The van der Waals surface area contributed by atoms with Gasteiger partial charge in [-0.15, -0.1) is 12.4 Å². The summed E-state index contributed by atoms with van der Waals surface area (Å²) in [4.78, 5) is 24.7. The summed E-state index contributed by atoms with van der Waals surface area (Å²) in [6.45, 7) is 1.77. The SMILES string of the molecule is CCOC(=N)CNC(=O)c1cc(N=[N+]=[N-])ccc1[N+](=O)[O-].Cl. The number of carbonyl (C=O) groups is 1. The minimum atomic E-state index is -0.763. The largest absolute Gasteiger partial charge is 0.480 e. The van der Waals surface area contributed by atoms with Gasteiger partial charge in [-0.3, -0.25) is 20.3 Å². The van der Waals surface area contributed by atoms with Crippen LogP contribution in [0.2, 0.25) is 0 Å². The van der Waals surface area contributed by atoms with E-state index in [0.717, 1.165) is 12.1 Å². The molecule has 0 fully saturated rings. The second-order valence-corrected chi connectivity index (χ2v) is 3.69. The van der Waals surface area contributed by atoms with E-state index in [-0.39, 0.29) is 42.7 Å². The van der Waals surface area contributed by atoms with Gasteiger partial charge in [0.15, 0.2) is 5.90 Å². The lowest BCUT2D eigenvalue weighted by Crippen LogP contribution is -2.30. The van der Waals surface area contributed by atoms with Crippen molar-refractivity contribution in [3.63, 3.8) is 0 Å². The molecular weight excluding hydrogens is 316 g/mol. The Morgan fingerprint density at radius 1 is 1.59 bits per heavy atom. The van der Waals surface area contributed by atoms with Crippen LogP contribution >= 0.6 is 12.4 Å². The Balaban J connectivity index is 0.00000441. The zero-order valence-electron chi connectivity index (χ0n) is 11.5. The molecule has 1 aromatic carbocycles. The first-order valence-electron chi connectivity index (χ1n) is 5.81. The standard InChI is InChI=1S/C11H12N6O4.ClH/c1-2-21-10(12)6-14-11(18)8-5-7(15-16-13)3-4-9(8)17(19)20;/h3-5,12H,2,6H2,1H3,(H,14,18);1H. The lowest BCUT2D eigenvalue weighted by molar-refractivity contribution is -0.385. The van der Waals surface area contributed by atoms with E-state index in [1.807, 2.05) is 0 Å². The predicted octanol–water partition coefficient (Wildman–Crippen LogP) is 2.70. The number of benzene rings is 1. The predicted molar refractivity (Wildman–Crippen MR) is 80.8 cm³/mol. The van der Waals surface area contributed by atoms with Crippen molar-refractivity contribution in [3.05, 3.63) is 44.3 Å². The number of amides is 1. The maximum Gasteiger partial charge on any atom is 0.282 e. The zero-order chi connectivity index (χ0) is 15.8. The smallest absolute Gasteiger partial charge is 0.282 e. The number of carbonyl (C=O) groups excluding carboxylic acids is 1. The molecule has 0 spiro atoms. The van der Waals surface area contributed by atoms with Gasteiger partial charge in [-0.05, 0) is 24.6 Å². The molecule has 0 aliphatic rings. The van der Waals surface area contributed by atoms with Crippen LogP contribution in [0.25, 0.3) is 10.4 Å². The lowest BCUT2D eigenvalue weighted by atomic mass is 10.1. The number of nitrogens with zero attached hydrogens (tertiary/aromatic N) is 4. The van der Waals surface area contributed by atoms with Crippen LogP contribution in [0.15, 0.2) is 23.3 Å². The first-order chi connectivity index (χ1) is 9.99. The zero-order valence-corrected chi connectivity index (χ0v) is 12.3. The Morgan fingerprint density at radius 3 is 2.82 bits per heavy atom. The van der Waals surface area contributed by atoms with E-state index >= 15 is 0 Å². The second-order valence-electron chi connectivity index (χ2n) is 3.69. The summed E-state index contributed by atoms with van der Waals surface area (Å²) in [5.74, 6) is -0.930. The van der Waals surface area contributed by atoms with Crippen molar-refractivity contribution in [1.29, 1.82) is 5.41 Å². The molecule has 11 heteroatoms. The molecule has 0 aromatic heterocycles. The van der Waals surface area contributed by atoms with E-state index in [4.69, 9.17) is 15.7 Å². The van der Waals surface area contributed by atoms with Crippen molar-refractivity contribution < 1.29 is 14.5 Å². The first-order valence-corrected chi connectivity index (χ1v) is 5.81. The number of hydrogen-bond acceptors (Lipinski definition) is 6. The van der Waals surface area contributed by atoms with Crippen LogP contribution in [0.5, 0.6) is 0 Å². The topological polar surface area (TPSA) is 154 Å². The number of ether oxygens (including phenoxy) is 1. The number of rotatable bonds is 6. The maximum absolute atomic E-state index is 11.9. The Hall–Kier alpha value is -2.84. The van der Waals surface area contributed by atoms with Gasteiger partial charge in [-0.1, -0.05) is 5.11 Å². The lowest BCUT2D eigenvalue weighted by Gasteiger charge is -2.07. The molecule has 0 unspecified atom stereocenters. The molecule has 22 heavy (non-hydrogen) atoms. The second kappa shape index (κ2) is 9.16. The molecule has 1 aromatic rings. The van der Waals surface area contributed by atoms with Crippen LogP contribution in [0, 0.1) is 15.5 Å². The van der Waals surface area contributed by atoms with Crippen LogP contribution in [0.1, 0.15) is 17.3 Å². The molecule has 0 heterocycles. The van der Waals surface area contributed by atoms with Gasteiger partial charge in [0.05, 0.1) is 18.1 Å². The van der Waals surface area contributed by atoms with E-state index in [9.17, 15) is 14.9 Å². The van der Waals surface area contributed by atoms with Crippen molar-refractivity contribution in [2.45, 2.75) is 6.92 Å². The van der Waals surface area contributed by atoms with Gasteiger partial charge in [-0.25, -0.2) is 0 Å². The third-order valence-electron chi connectivity index (χ3n) is 2.31. The van der Waals surface area contributed by atoms with E-state index in [2.05, 4.69) is 15.3 Å². The minimum absolute atomic E-state index is 0. The molecule has 118 valence electrons. The van der Waals surface area contributed by atoms with E-state index in [1.54, 1.807) is 6.92 Å². The Kier molecular flexibility index (Phi) is 7.98. The van der Waals surface area contributed by atoms with Crippen LogP contribution in [-0.2, 0) is 4.74 Å². The van der Waals surface area contributed by atoms with Crippen molar-refractivity contribution >= 4 is 35.6 Å². The molecule has 2 N–H and O–H groups in total. The monoisotopic (exact) mass is 328 g/mol. The Labute approximate surface area is 131 Å². The number of nitrogens with one attached hydrogen (secondary N) is 2. The highest BCUT2D eigenvalue weighted by atomic mass is 35.5.